The average Bonchev–Trinajstić information content (AvgIpc) is 3.24. The van der Waals surface area contributed by atoms with Crippen LogP contribution in [0.5, 0.6) is 0 Å². The number of carbonyl (C=O) groups is 2. The lowest BCUT2D eigenvalue weighted by Crippen LogP contribution is -2.20. The number of esters is 1. The lowest BCUT2D eigenvalue weighted by Gasteiger charge is -2.19. The fourth-order valence-electron chi connectivity index (χ4n) is 2.91. The zero-order chi connectivity index (χ0) is 17.8. The maximum absolute atomic E-state index is 12.2. The molecule has 3 rings (SSSR count). The average molecular weight is 374 g/mol. The van der Waals surface area contributed by atoms with Gasteiger partial charge in [0.15, 0.2) is 6.61 Å². The smallest absolute Gasteiger partial charge is 0.348 e. The molecule has 0 fully saturated rings. The molecule has 2 aromatic heterocycles. The van der Waals surface area contributed by atoms with Crippen molar-refractivity contribution in [2.75, 3.05) is 11.9 Å². The first-order valence-corrected chi connectivity index (χ1v) is 9.86. The molecule has 0 aromatic carbocycles. The summed E-state index contributed by atoms with van der Waals surface area (Å²) in [6.45, 7) is 1.84. The Bertz CT molecular complexity index is 832. The second-order valence-electron chi connectivity index (χ2n) is 5.98. The number of ether oxygens (including phenoxy) is 1. The van der Waals surface area contributed by atoms with E-state index in [0.29, 0.717) is 21.4 Å². The van der Waals surface area contributed by atoms with Gasteiger partial charge in [0.2, 0.25) is 0 Å². The molecule has 0 spiro atoms. The highest BCUT2D eigenvalue weighted by Crippen LogP contribution is 2.33. The number of thiophene rings is 2. The van der Waals surface area contributed by atoms with E-state index in [9.17, 15) is 9.59 Å². The molecule has 5 nitrogen and oxygen atoms in total. The van der Waals surface area contributed by atoms with Crippen molar-refractivity contribution in [3.8, 4) is 6.07 Å². The van der Waals surface area contributed by atoms with Crippen molar-refractivity contribution in [2.45, 2.75) is 32.6 Å². The third kappa shape index (κ3) is 4.09. The van der Waals surface area contributed by atoms with Crippen LogP contribution in [0.15, 0.2) is 17.5 Å². The number of aryl methyl sites for hydroxylation is 1. The Hall–Kier alpha value is -2.17. The molecule has 1 unspecified atom stereocenters. The highest BCUT2D eigenvalue weighted by atomic mass is 32.1. The maximum Gasteiger partial charge on any atom is 0.348 e. The number of nitrogens with zero attached hydrogens (tertiary/aromatic N) is 1. The number of nitriles is 1. The molecule has 1 atom stereocenters. The summed E-state index contributed by atoms with van der Waals surface area (Å²) < 4.78 is 5.12. The first kappa shape index (κ1) is 17.6. The maximum atomic E-state index is 12.2. The number of fused-ring (bicyclic) bond motifs is 1. The molecule has 2 aromatic rings. The van der Waals surface area contributed by atoms with Crippen LogP contribution in [0.3, 0.4) is 0 Å². The molecule has 0 bridgehead atoms. The predicted octanol–water partition coefficient (Wildman–Crippen LogP) is 3.99. The molecule has 130 valence electrons. The minimum Gasteiger partial charge on any atom is -0.451 e. The third-order valence-electron chi connectivity index (χ3n) is 4.34. The normalized spacial score (nSPS) is 15.9. The molecule has 0 saturated carbocycles. The standard InChI is InChI=1S/C18H18N2O3S2/c1-2-11-3-4-14-13(7-11)8-15(25-14)18(22)23-10-16(21)20-17-12(9-19)5-6-24-17/h5-6,8,11H,2-4,7,10H2,1H3,(H,20,21). The van der Waals surface area contributed by atoms with E-state index in [1.807, 2.05) is 12.1 Å². The summed E-state index contributed by atoms with van der Waals surface area (Å²) in [5.74, 6) is -0.217. The Morgan fingerprint density at radius 1 is 1.48 bits per heavy atom. The first-order valence-electron chi connectivity index (χ1n) is 8.16. The number of amides is 1. The van der Waals surface area contributed by atoms with Crippen LogP contribution in [0.1, 0.15) is 45.4 Å². The number of anilines is 1. The SMILES string of the molecule is CCC1CCc2sc(C(=O)OCC(=O)Nc3sccc3C#N)cc2C1. The van der Waals surface area contributed by atoms with Gasteiger partial charge in [0, 0.05) is 4.88 Å². The van der Waals surface area contributed by atoms with Crippen LogP contribution in [0.4, 0.5) is 5.00 Å². The summed E-state index contributed by atoms with van der Waals surface area (Å²) >= 11 is 2.73. The van der Waals surface area contributed by atoms with E-state index in [2.05, 4.69) is 12.2 Å². The molecule has 0 aliphatic heterocycles. The minimum atomic E-state index is -0.464. The van der Waals surface area contributed by atoms with E-state index in [4.69, 9.17) is 10.00 Å². The van der Waals surface area contributed by atoms with E-state index in [1.54, 1.807) is 11.4 Å². The minimum absolute atomic E-state index is 0.359. The molecule has 0 radical (unpaired) electrons. The molecule has 7 heteroatoms. The lowest BCUT2D eigenvalue weighted by atomic mass is 9.87. The van der Waals surface area contributed by atoms with Crippen molar-refractivity contribution in [1.82, 2.24) is 0 Å². The summed E-state index contributed by atoms with van der Waals surface area (Å²) in [7, 11) is 0. The van der Waals surface area contributed by atoms with Crippen LogP contribution in [0.25, 0.3) is 0 Å². The second-order valence-corrected chi connectivity index (χ2v) is 8.03. The largest absolute Gasteiger partial charge is 0.451 e. The molecule has 2 heterocycles. The van der Waals surface area contributed by atoms with E-state index < -0.39 is 11.9 Å². The van der Waals surface area contributed by atoms with Crippen LogP contribution in [0, 0.1) is 17.2 Å². The Labute approximate surface area is 154 Å². The molecule has 1 aliphatic rings. The van der Waals surface area contributed by atoms with Gasteiger partial charge in [-0.2, -0.15) is 5.26 Å². The van der Waals surface area contributed by atoms with Gasteiger partial charge in [0.05, 0.1) is 5.56 Å². The molecule has 1 aliphatic carbocycles. The predicted molar refractivity (Wildman–Crippen MR) is 98.1 cm³/mol. The highest BCUT2D eigenvalue weighted by Gasteiger charge is 2.23. The van der Waals surface area contributed by atoms with Gasteiger partial charge in [-0.3, -0.25) is 4.79 Å². The molecule has 1 amide bonds. The van der Waals surface area contributed by atoms with E-state index in [0.717, 1.165) is 19.3 Å². The second kappa shape index (κ2) is 7.81. The fourth-order valence-corrected chi connectivity index (χ4v) is 4.76. The zero-order valence-corrected chi connectivity index (χ0v) is 15.5. The van der Waals surface area contributed by atoms with Crippen molar-refractivity contribution < 1.29 is 14.3 Å². The zero-order valence-electron chi connectivity index (χ0n) is 13.8. The van der Waals surface area contributed by atoms with Crippen LogP contribution in [0.2, 0.25) is 0 Å². The first-order chi connectivity index (χ1) is 12.1. The number of carbonyl (C=O) groups excluding carboxylic acids is 2. The molecule has 0 saturated heterocycles. The van der Waals surface area contributed by atoms with Gasteiger partial charge in [0.25, 0.3) is 5.91 Å². The van der Waals surface area contributed by atoms with E-state index in [-0.39, 0.29) is 6.61 Å². The van der Waals surface area contributed by atoms with Gasteiger partial charge in [-0.05, 0) is 48.3 Å². The number of hydrogen-bond donors (Lipinski definition) is 1. The van der Waals surface area contributed by atoms with Crippen LogP contribution in [-0.2, 0) is 22.4 Å². The van der Waals surface area contributed by atoms with Gasteiger partial charge in [-0.15, -0.1) is 22.7 Å². The van der Waals surface area contributed by atoms with Crippen molar-refractivity contribution in [3.63, 3.8) is 0 Å². The van der Waals surface area contributed by atoms with Crippen LogP contribution < -0.4 is 5.32 Å². The quantitative estimate of drug-likeness (QED) is 0.803. The van der Waals surface area contributed by atoms with Gasteiger partial charge in [-0.25, -0.2) is 4.79 Å². The van der Waals surface area contributed by atoms with Gasteiger partial charge in [-0.1, -0.05) is 13.3 Å². The Kier molecular flexibility index (Phi) is 5.51. The van der Waals surface area contributed by atoms with Gasteiger partial charge >= 0.3 is 5.97 Å². The fraction of sp³-hybridized carbons (Fsp3) is 0.389. The lowest BCUT2D eigenvalue weighted by molar-refractivity contribution is -0.119. The monoisotopic (exact) mass is 374 g/mol. The van der Waals surface area contributed by atoms with Crippen molar-refractivity contribution in [3.05, 3.63) is 38.4 Å². The van der Waals surface area contributed by atoms with Crippen LogP contribution >= 0.6 is 22.7 Å². The Balaban J connectivity index is 1.55. The Morgan fingerprint density at radius 2 is 2.32 bits per heavy atom. The summed E-state index contributed by atoms with van der Waals surface area (Å²) in [5.41, 5.74) is 1.65. The third-order valence-corrected chi connectivity index (χ3v) is 6.38. The topological polar surface area (TPSA) is 79.2 Å². The summed E-state index contributed by atoms with van der Waals surface area (Å²) in [6, 6.07) is 5.54. The van der Waals surface area contributed by atoms with Crippen molar-refractivity contribution in [1.29, 1.82) is 5.26 Å². The van der Waals surface area contributed by atoms with Crippen molar-refractivity contribution >= 4 is 39.6 Å². The van der Waals surface area contributed by atoms with Gasteiger partial charge < -0.3 is 10.1 Å². The number of hydrogen-bond acceptors (Lipinski definition) is 6. The molecule has 25 heavy (non-hydrogen) atoms. The Morgan fingerprint density at radius 3 is 3.08 bits per heavy atom. The number of rotatable bonds is 5. The molecular weight excluding hydrogens is 356 g/mol. The van der Waals surface area contributed by atoms with Crippen LogP contribution in [-0.4, -0.2) is 18.5 Å². The van der Waals surface area contributed by atoms with Gasteiger partial charge in [0.1, 0.15) is 15.9 Å². The van der Waals surface area contributed by atoms with E-state index in [1.165, 1.54) is 39.5 Å². The molecule has 1 N–H and O–H groups in total. The summed E-state index contributed by atoms with van der Waals surface area (Å²) in [6.07, 6.45) is 4.36. The molecular formula is C18H18N2O3S2. The highest BCUT2D eigenvalue weighted by molar-refractivity contribution is 7.14. The summed E-state index contributed by atoms with van der Waals surface area (Å²) in [4.78, 5) is 25.9. The number of nitrogens with one attached hydrogen (secondary N) is 1. The van der Waals surface area contributed by atoms with Crippen molar-refractivity contribution in [2.24, 2.45) is 5.92 Å². The van der Waals surface area contributed by atoms with E-state index >= 15 is 0 Å². The summed E-state index contributed by atoms with van der Waals surface area (Å²) in [5, 5.41) is 13.7.